The van der Waals surface area contributed by atoms with Crippen LogP contribution in [-0.2, 0) is 16.1 Å². The highest BCUT2D eigenvalue weighted by Gasteiger charge is 2.37. The lowest BCUT2D eigenvalue weighted by atomic mass is 10.0. The molecule has 6 nitrogen and oxygen atoms in total. The fourth-order valence-electron chi connectivity index (χ4n) is 2.68. The summed E-state index contributed by atoms with van der Waals surface area (Å²) in [5.74, 6) is 1.15. The molecule has 6 heteroatoms. The van der Waals surface area contributed by atoms with E-state index in [0.29, 0.717) is 26.4 Å². The van der Waals surface area contributed by atoms with Gasteiger partial charge in [0.1, 0.15) is 13.2 Å². The number of nitrogens with two attached hydrogens (primary N) is 1. The molecule has 2 N–H and O–H groups in total. The molecule has 114 valence electrons. The monoisotopic (exact) mass is 292 g/mol. The standard InChI is InChI=1S/C15H20N2O4/c1-15(14(16)18)10-17(4-5-21-15)9-11-2-3-12-13(8-11)20-7-6-19-12/h2-3,8H,4-7,9-10H2,1H3,(H2,16,18). The Kier molecular flexibility index (Phi) is 3.73. The number of nitrogens with zero attached hydrogens (tertiary/aromatic N) is 1. The van der Waals surface area contributed by atoms with E-state index in [-0.39, 0.29) is 0 Å². The van der Waals surface area contributed by atoms with Crippen molar-refractivity contribution in [1.82, 2.24) is 4.90 Å². The van der Waals surface area contributed by atoms with E-state index >= 15 is 0 Å². The summed E-state index contributed by atoms with van der Waals surface area (Å²) in [6.07, 6.45) is 0. The minimum absolute atomic E-state index is 0.422. The van der Waals surface area contributed by atoms with Crippen molar-refractivity contribution in [2.75, 3.05) is 32.9 Å². The van der Waals surface area contributed by atoms with Crippen LogP contribution in [0.15, 0.2) is 18.2 Å². The molecule has 1 saturated heterocycles. The second-order valence-electron chi connectivity index (χ2n) is 5.63. The summed E-state index contributed by atoms with van der Waals surface area (Å²) < 4.78 is 16.6. The maximum absolute atomic E-state index is 11.5. The van der Waals surface area contributed by atoms with Crippen molar-refractivity contribution in [3.63, 3.8) is 0 Å². The lowest BCUT2D eigenvalue weighted by molar-refractivity contribution is -0.153. The molecule has 1 atom stereocenters. The summed E-state index contributed by atoms with van der Waals surface area (Å²) in [4.78, 5) is 13.7. The van der Waals surface area contributed by atoms with Crippen LogP contribution in [0.1, 0.15) is 12.5 Å². The molecular weight excluding hydrogens is 272 g/mol. The molecule has 21 heavy (non-hydrogen) atoms. The lowest BCUT2D eigenvalue weighted by Gasteiger charge is -2.38. The van der Waals surface area contributed by atoms with Gasteiger partial charge in [-0.1, -0.05) is 6.07 Å². The number of rotatable bonds is 3. The number of carbonyl (C=O) groups is 1. The SMILES string of the molecule is CC1(C(N)=O)CN(Cc2ccc3c(c2)OCCO3)CCO1. The Hall–Kier alpha value is -1.79. The Balaban J connectivity index is 1.70. The zero-order valence-corrected chi connectivity index (χ0v) is 12.1. The van der Waals surface area contributed by atoms with Crippen LogP contribution in [0.2, 0.25) is 0 Å². The number of fused-ring (bicyclic) bond motifs is 1. The molecule has 0 spiro atoms. The van der Waals surface area contributed by atoms with E-state index in [4.69, 9.17) is 19.9 Å². The molecule has 1 fully saturated rings. The van der Waals surface area contributed by atoms with E-state index in [9.17, 15) is 4.79 Å². The Morgan fingerprint density at radius 2 is 2.05 bits per heavy atom. The van der Waals surface area contributed by atoms with E-state index in [1.54, 1.807) is 6.92 Å². The van der Waals surface area contributed by atoms with Crippen molar-refractivity contribution in [1.29, 1.82) is 0 Å². The largest absolute Gasteiger partial charge is 0.486 e. The maximum atomic E-state index is 11.5. The Labute approximate surface area is 123 Å². The van der Waals surface area contributed by atoms with Gasteiger partial charge in [-0.2, -0.15) is 0 Å². The Morgan fingerprint density at radius 1 is 1.29 bits per heavy atom. The molecule has 0 radical (unpaired) electrons. The molecule has 1 aromatic carbocycles. The maximum Gasteiger partial charge on any atom is 0.250 e. The third kappa shape index (κ3) is 2.96. The van der Waals surface area contributed by atoms with Crippen LogP contribution in [0.4, 0.5) is 0 Å². The molecular formula is C15H20N2O4. The van der Waals surface area contributed by atoms with Crippen LogP contribution in [0.5, 0.6) is 11.5 Å². The molecule has 1 amide bonds. The minimum Gasteiger partial charge on any atom is -0.486 e. The summed E-state index contributed by atoms with van der Waals surface area (Å²) in [7, 11) is 0. The summed E-state index contributed by atoms with van der Waals surface area (Å²) in [6, 6.07) is 5.94. The van der Waals surface area contributed by atoms with Crippen LogP contribution in [0, 0.1) is 0 Å². The number of primary amides is 1. The molecule has 1 unspecified atom stereocenters. The predicted molar refractivity (Wildman–Crippen MR) is 76.3 cm³/mol. The third-order valence-electron chi connectivity index (χ3n) is 3.89. The van der Waals surface area contributed by atoms with E-state index in [1.165, 1.54) is 0 Å². The first-order chi connectivity index (χ1) is 10.1. The number of morpholine rings is 1. The van der Waals surface area contributed by atoms with Crippen molar-refractivity contribution in [2.24, 2.45) is 5.73 Å². The highest BCUT2D eigenvalue weighted by atomic mass is 16.6. The van der Waals surface area contributed by atoms with Crippen LogP contribution < -0.4 is 15.2 Å². The number of carbonyl (C=O) groups excluding carboxylic acids is 1. The number of benzene rings is 1. The summed E-state index contributed by atoms with van der Waals surface area (Å²) >= 11 is 0. The summed E-state index contributed by atoms with van der Waals surface area (Å²) in [5.41, 5.74) is 5.63. The normalized spacial score (nSPS) is 25.6. The van der Waals surface area contributed by atoms with Gasteiger partial charge in [0.15, 0.2) is 17.1 Å². The van der Waals surface area contributed by atoms with Gasteiger partial charge in [0.25, 0.3) is 5.91 Å². The van der Waals surface area contributed by atoms with Gasteiger partial charge < -0.3 is 19.9 Å². The van der Waals surface area contributed by atoms with Gasteiger partial charge in [0, 0.05) is 19.6 Å². The van der Waals surface area contributed by atoms with Gasteiger partial charge in [-0.05, 0) is 24.6 Å². The highest BCUT2D eigenvalue weighted by Crippen LogP contribution is 2.31. The molecule has 0 bridgehead atoms. The zero-order valence-electron chi connectivity index (χ0n) is 12.1. The quantitative estimate of drug-likeness (QED) is 0.880. The molecule has 0 saturated carbocycles. The summed E-state index contributed by atoms with van der Waals surface area (Å²) in [5, 5.41) is 0. The topological polar surface area (TPSA) is 74.0 Å². The predicted octanol–water partition coefficient (Wildman–Crippen LogP) is 0.534. The molecule has 2 aliphatic heterocycles. The van der Waals surface area contributed by atoms with Gasteiger partial charge in [0.2, 0.25) is 0 Å². The zero-order chi connectivity index (χ0) is 14.9. The Bertz CT molecular complexity index is 548. The average molecular weight is 292 g/mol. The van der Waals surface area contributed by atoms with Crippen LogP contribution >= 0.6 is 0 Å². The molecule has 0 aromatic heterocycles. The van der Waals surface area contributed by atoms with Gasteiger partial charge in [-0.3, -0.25) is 9.69 Å². The van der Waals surface area contributed by atoms with Gasteiger partial charge in [0.05, 0.1) is 6.61 Å². The first-order valence-corrected chi connectivity index (χ1v) is 7.12. The van der Waals surface area contributed by atoms with Crippen molar-refractivity contribution >= 4 is 5.91 Å². The van der Waals surface area contributed by atoms with E-state index in [1.807, 2.05) is 18.2 Å². The highest BCUT2D eigenvalue weighted by molar-refractivity contribution is 5.83. The minimum atomic E-state index is -0.911. The van der Waals surface area contributed by atoms with Crippen LogP contribution in [-0.4, -0.2) is 49.3 Å². The molecule has 1 aromatic rings. The molecule has 2 aliphatic rings. The fourth-order valence-corrected chi connectivity index (χ4v) is 2.68. The van der Waals surface area contributed by atoms with Crippen molar-refractivity contribution in [3.05, 3.63) is 23.8 Å². The first kappa shape index (κ1) is 14.2. The number of ether oxygens (including phenoxy) is 3. The second kappa shape index (κ2) is 5.54. The van der Waals surface area contributed by atoms with Crippen LogP contribution in [0.3, 0.4) is 0 Å². The Morgan fingerprint density at radius 3 is 2.81 bits per heavy atom. The molecule has 3 rings (SSSR count). The van der Waals surface area contributed by atoms with Gasteiger partial charge in [-0.15, -0.1) is 0 Å². The first-order valence-electron chi connectivity index (χ1n) is 7.12. The van der Waals surface area contributed by atoms with Crippen molar-refractivity contribution in [3.8, 4) is 11.5 Å². The number of hydrogen-bond acceptors (Lipinski definition) is 5. The van der Waals surface area contributed by atoms with Crippen LogP contribution in [0.25, 0.3) is 0 Å². The van der Waals surface area contributed by atoms with E-state index in [2.05, 4.69) is 4.90 Å². The smallest absolute Gasteiger partial charge is 0.250 e. The van der Waals surface area contributed by atoms with Crippen molar-refractivity contribution < 1.29 is 19.0 Å². The third-order valence-corrected chi connectivity index (χ3v) is 3.89. The summed E-state index contributed by atoms with van der Waals surface area (Å²) in [6.45, 7) is 5.41. The molecule has 0 aliphatic carbocycles. The molecule has 2 heterocycles. The number of amides is 1. The second-order valence-corrected chi connectivity index (χ2v) is 5.63. The van der Waals surface area contributed by atoms with Gasteiger partial charge in [-0.25, -0.2) is 0 Å². The number of hydrogen-bond donors (Lipinski definition) is 1. The van der Waals surface area contributed by atoms with Gasteiger partial charge >= 0.3 is 0 Å². The fraction of sp³-hybridized carbons (Fsp3) is 0.533. The van der Waals surface area contributed by atoms with E-state index in [0.717, 1.165) is 30.2 Å². The van der Waals surface area contributed by atoms with Crippen molar-refractivity contribution in [2.45, 2.75) is 19.1 Å². The average Bonchev–Trinajstić information content (AvgIpc) is 2.47. The van der Waals surface area contributed by atoms with E-state index < -0.39 is 11.5 Å². The lowest BCUT2D eigenvalue weighted by Crippen LogP contribution is -2.56.